The molecule has 3 aromatic rings. The molecule has 5 nitrogen and oxygen atoms in total. The zero-order chi connectivity index (χ0) is 21.8. The largest absolute Gasteiger partial charge is 0.497 e. The number of methoxy groups -OCH3 is 2. The van der Waals surface area contributed by atoms with Crippen molar-refractivity contribution in [3.8, 4) is 11.5 Å². The van der Waals surface area contributed by atoms with Crippen LogP contribution in [0.15, 0.2) is 41.4 Å². The molecular weight excluding hydrogens is 396 g/mol. The molecule has 30 heavy (non-hydrogen) atoms. The van der Waals surface area contributed by atoms with Crippen LogP contribution in [0.5, 0.6) is 11.5 Å². The van der Waals surface area contributed by atoms with Gasteiger partial charge in [0, 0.05) is 11.5 Å². The highest BCUT2D eigenvalue weighted by Gasteiger charge is 2.21. The molecule has 1 amide bonds. The molecule has 0 bridgehead atoms. The van der Waals surface area contributed by atoms with Crippen molar-refractivity contribution < 1.29 is 14.3 Å². The van der Waals surface area contributed by atoms with E-state index in [4.69, 9.17) is 14.5 Å². The van der Waals surface area contributed by atoms with Crippen molar-refractivity contribution in [2.75, 3.05) is 19.5 Å². The van der Waals surface area contributed by atoms with Gasteiger partial charge in [0.25, 0.3) is 0 Å². The molecule has 1 aromatic heterocycles. The minimum atomic E-state index is -0.271. The summed E-state index contributed by atoms with van der Waals surface area (Å²) >= 11 is 1.49. The van der Waals surface area contributed by atoms with Gasteiger partial charge in [0.15, 0.2) is 0 Å². The van der Waals surface area contributed by atoms with Crippen molar-refractivity contribution in [3.05, 3.63) is 53.1 Å². The second-order valence-electron chi connectivity index (χ2n) is 7.33. The highest BCUT2D eigenvalue weighted by atomic mass is 32.2. The number of benzene rings is 2. The van der Waals surface area contributed by atoms with E-state index in [1.165, 1.54) is 22.9 Å². The van der Waals surface area contributed by atoms with Crippen molar-refractivity contribution in [2.24, 2.45) is 0 Å². The van der Waals surface area contributed by atoms with Crippen molar-refractivity contribution in [1.29, 1.82) is 0 Å². The Bertz CT molecular complexity index is 1080. The van der Waals surface area contributed by atoms with Gasteiger partial charge in [-0.3, -0.25) is 4.79 Å². The number of anilines is 1. The number of ether oxygens (including phenoxy) is 2. The predicted octanol–water partition coefficient (Wildman–Crippen LogP) is 5.69. The molecule has 1 heterocycles. The average Bonchev–Trinajstić information content (AvgIpc) is 2.73. The summed E-state index contributed by atoms with van der Waals surface area (Å²) in [5, 5.41) is 4.74. The number of hydrogen-bond donors (Lipinski definition) is 1. The summed E-state index contributed by atoms with van der Waals surface area (Å²) in [5.41, 5.74) is 5.16. The number of carbonyl (C=O) groups excluding carboxylic acids is 1. The number of fused-ring (bicyclic) bond motifs is 1. The van der Waals surface area contributed by atoms with Crippen molar-refractivity contribution in [3.63, 3.8) is 0 Å². The molecule has 0 saturated heterocycles. The number of nitrogens with zero attached hydrogens (tertiary/aromatic N) is 1. The highest BCUT2D eigenvalue weighted by Crippen LogP contribution is 2.33. The summed E-state index contributed by atoms with van der Waals surface area (Å²) < 4.78 is 10.6. The molecule has 0 radical (unpaired) electrons. The zero-order valence-electron chi connectivity index (χ0n) is 18.3. The van der Waals surface area contributed by atoms with Gasteiger partial charge in [-0.2, -0.15) is 0 Å². The van der Waals surface area contributed by atoms with Crippen LogP contribution in [0.3, 0.4) is 0 Å². The number of carbonyl (C=O) groups is 1. The molecule has 0 aliphatic rings. The van der Waals surface area contributed by atoms with E-state index in [1.807, 2.05) is 6.92 Å². The van der Waals surface area contributed by atoms with Crippen LogP contribution in [0.25, 0.3) is 10.9 Å². The Balaban J connectivity index is 1.84. The fourth-order valence-electron chi connectivity index (χ4n) is 3.46. The van der Waals surface area contributed by atoms with Gasteiger partial charge >= 0.3 is 0 Å². The maximum absolute atomic E-state index is 13.0. The Labute approximate surface area is 182 Å². The van der Waals surface area contributed by atoms with Crippen molar-refractivity contribution in [1.82, 2.24) is 4.98 Å². The van der Waals surface area contributed by atoms with Gasteiger partial charge in [-0.25, -0.2) is 4.98 Å². The Morgan fingerprint density at radius 1 is 1.07 bits per heavy atom. The van der Waals surface area contributed by atoms with Gasteiger partial charge in [0.1, 0.15) is 11.5 Å². The summed E-state index contributed by atoms with van der Waals surface area (Å²) in [6.45, 7) is 8.27. The minimum absolute atomic E-state index is 0.0776. The van der Waals surface area contributed by atoms with E-state index >= 15 is 0 Å². The lowest BCUT2D eigenvalue weighted by Gasteiger charge is -2.17. The number of pyridine rings is 1. The minimum Gasteiger partial charge on any atom is -0.497 e. The van der Waals surface area contributed by atoms with E-state index in [2.05, 4.69) is 44.3 Å². The maximum Gasteiger partial charge on any atom is 0.238 e. The smallest absolute Gasteiger partial charge is 0.238 e. The summed E-state index contributed by atoms with van der Waals surface area (Å²) in [4.78, 5) is 17.8. The molecule has 158 valence electrons. The van der Waals surface area contributed by atoms with Crippen molar-refractivity contribution in [2.45, 2.75) is 44.4 Å². The quantitative estimate of drug-likeness (QED) is 0.494. The lowest BCUT2D eigenvalue weighted by molar-refractivity contribution is -0.115. The first-order valence-electron chi connectivity index (χ1n) is 9.94. The Morgan fingerprint density at radius 2 is 1.83 bits per heavy atom. The summed E-state index contributed by atoms with van der Waals surface area (Å²) in [7, 11) is 3.17. The van der Waals surface area contributed by atoms with E-state index in [0.29, 0.717) is 23.6 Å². The Kier molecular flexibility index (Phi) is 6.87. The van der Waals surface area contributed by atoms with Gasteiger partial charge in [0.05, 0.1) is 35.7 Å². The predicted molar refractivity (Wildman–Crippen MR) is 124 cm³/mol. The third-order valence-electron chi connectivity index (χ3n) is 5.02. The lowest BCUT2D eigenvalue weighted by Crippen LogP contribution is -2.25. The second kappa shape index (κ2) is 9.39. The molecular formula is C24H28N2O3S. The number of nitrogens with one attached hydrogen (secondary N) is 1. The third kappa shape index (κ3) is 4.70. The highest BCUT2D eigenvalue weighted by molar-refractivity contribution is 8.00. The van der Waals surface area contributed by atoms with Crippen LogP contribution < -0.4 is 14.8 Å². The van der Waals surface area contributed by atoms with Gasteiger partial charge in [-0.15, -0.1) is 0 Å². The zero-order valence-corrected chi connectivity index (χ0v) is 19.1. The third-order valence-corrected chi connectivity index (χ3v) is 6.31. The molecule has 0 fully saturated rings. The number of aromatic nitrogens is 1. The first kappa shape index (κ1) is 22.0. The molecule has 2 aromatic carbocycles. The Morgan fingerprint density at radius 3 is 2.50 bits per heavy atom. The van der Waals surface area contributed by atoms with E-state index in [0.717, 1.165) is 21.5 Å². The number of thioether (sulfide) groups is 1. The van der Waals surface area contributed by atoms with Crippen LogP contribution in [-0.4, -0.2) is 30.4 Å². The number of hydrogen-bond acceptors (Lipinski definition) is 5. The molecule has 6 heteroatoms. The van der Waals surface area contributed by atoms with Gasteiger partial charge in [0.2, 0.25) is 5.91 Å². The van der Waals surface area contributed by atoms with Crippen LogP contribution in [-0.2, 0) is 4.79 Å². The molecule has 0 aliphatic carbocycles. The van der Waals surface area contributed by atoms with Gasteiger partial charge in [-0.05, 0) is 62.6 Å². The monoisotopic (exact) mass is 424 g/mol. The first-order valence-corrected chi connectivity index (χ1v) is 10.8. The second-order valence-corrected chi connectivity index (χ2v) is 8.55. The lowest BCUT2D eigenvalue weighted by atomic mass is 10.0. The molecule has 1 N–H and O–H groups in total. The molecule has 1 atom stereocenters. The summed E-state index contributed by atoms with van der Waals surface area (Å²) in [6, 6.07) is 11.7. The van der Waals surface area contributed by atoms with Crippen LogP contribution >= 0.6 is 11.8 Å². The van der Waals surface area contributed by atoms with Crippen LogP contribution in [0.2, 0.25) is 0 Å². The number of rotatable bonds is 7. The number of amides is 1. The normalized spacial score (nSPS) is 11.9. The van der Waals surface area contributed by atoms with Gasteiger partial charge in [-0.1, -0.05) is 30.3 Å². The summed E-state index contributed by atoms with van der Waals surface area (Å²) in [5.74, 6) is 1.16. The van der Waals surface area contributed by atoms with E-state index in [-0.39, 0.29) is 11.2 Å². The van der Waals surface area contributed by atoms with Crippen LogP contribution in [0, 0.1) is 20.8 Å². The van der Waals surface area contributed by atoms with Crippen LogP contribution in [0.1, 0.15) is 30.0 Å². The topological polar surface area (TPSA) is 60.5 Å². The van der Waals surface area contributed by atoms with Crippen molar-refractivity contribution >= 4 is 34.3 Å². The molecule has 3 rings (SSSR count). The summed E-state index contributed by atoms with van der Waals surface area (Å²) in [6.07, 6.45) is 0.681. The molecule has 0 saturated carbocycles. The Hall–Kier alpha value is -2.73. The van der Waals surface area contributed by atoms with Gasteiger partial charge < -0.3 is 14.8 Å². The molecule has 0 aliphatic heterocycles. The first-order chi connectivity index (χ1) is 14.4. The average molecular weight is 425 g/mol. The fourth-order valence-corrected chi connectivity index (χ4v) is 4.47. The van der Waals surface area contributed by atoms with E-state index in [9.17, 15) is 4.79 Å². The standard InChI is InChI=1S/C24H28N2O3S/c1-7-21(24(27)25-19-9-8-17(28-5)13-20(19)29-6)30-22-12-15(3)18-11-14(2)10-16(4)23(18)26-22/h8-13,21H,7H2,1-6H3,(H,25,27). The maximum atomic E-state index is 13.0. The van der Waals surface area contributed by atoms with Crippen LogP contribution in [0.4, 0.5) is 5.69 Å². The number of aryl methyl sites for hydroxylation is 3. The molecule has 0 spiro atoms. The van der Waals surface area contributed by atoms with E-state index < -0.39 is 0 Å². The van der Waals surface area contributed by atoms with E-state index in [1.54, 1.807) is 32.4 Å². The SMILES string of the molecule is CCC(Sc1cc(C)c2cc(C)cc(C)c2n1)C(=O)Nc1ccc(OC)cc1OC. The molecule has 1 unspecified atom stereocenters. The fraction of sp³-hybridized carbons (Fsp3) is 0.333.